The molecule has 2 N–H and O–H groups in total. The van der Waals surface area contributed by atoms with Gasteiger partial charge in [-0.2, -0.15) is 0 Å². The van der Waals surface area contributed by atoms with E-state index in [2.05, 4.69) is 42.3 Å². The van der Waals surface area contributed by atoms with E-state index in [0.29, 0.717) is 6.54 Å². The van der Waals surface area contributed by atoms with E-state index >= 15 is 0 Å². The SMILES string of the molecule is CN(CCCc1ccccc1)c1ccc(Cl)cc1CN. The van der Waals surface area contributed by atoms with Gasteiger partial charge in [0.15, 0.2) is 0 Å². The molecule has 0 atom stereocenters. The van der Waals surface area contributed by atoms with Crippen molar-refractivity contribution in [2.24, 2.45) is 5.73 Å². The fourth-order valence-corrected chi connectivity index (χ4v) is 2.57. The summed E-state index contributed by atoms with van der Waals surface area (Å²) in [4.78, 5) is 2.25. The maximum Gasteiger partial charge on any atom is 0.0410 e. The van der Waals surface area contributed by atoms with E-state index in [4.69, 9.17) is 17.3 Å². The number of nitrogens with zero attached hydrogens (tertiary/aromatic N) is 1. The number of rotatable bonds is 6. The predicted octanol–water partition coefficient (Wildman–Crippen LogP) is 3.87. The third-order valence-electron chi connectivity index (χ3n) is 3.47. The summed E-state index contributed by atoms with van der Waals surface area (Å²) in [5, 5.41) is 0.742. The molecule has 0 bridgehead atoms. The van der Waals surface area contributed by atoms with E-state index in [0.717, 1.165) is 30.0 Å². The van der Waals surface area contributed by atoms with Gasteiger partial charge >= 0.3 is 0 Å². The summed E-state index contributed by atoms with van der Waals surface area (Å²) in [6.07, 6.45) is 2.21. The van der Waals surface area contributed by atoms with Crippen LogP contribution in [0.2, 0.25) is 5.02 Å². The minimum absolute atomic E-state index is 0.513. The van der Waals surface area contributed by atoms with Gasteiger partial charge in [-0.3, -0.25) is 0 Å². The van der Waals surface area contributed by atoms with E-state index in [9.17, 15) is 0 Å². The van der Waals surface area contributed by atoms with Crippen LogP contribution < -0.4 is 10.6 Å². The second kappa shape index (κ2) is 7.32. The van der Waals surface area contributed by atoms with Gasteiger partial charge < -0.3 is 10.6 Å². The van der Waals surface area contributed by atoms with Crippen LogP contribution in [0.25, 0.3) is 0 Å². The first kappa shape index (κ1) is 14.9. The van der Waals surface area contributed by atoms with Gasteiger partial charge in [0.2, 0.25) is 0 Å². The quantitative estimate of drug-likeness (QED) is 0.874. The Morgan fingerprint density at radius 3 is 2.55 bits per heavy atom. The number of hydrogen-bond donors (Lipinski definition) is 1. The second-order valence-electron chi connectivity index (χ2n) is 4.99. The molecule has 0 heterocycles. The number of anilines is 1. The monoisotopic (exact) mass is 288 g/mol. The smallest absolute Gasteiger partial charge is 0.0410 e. The highest BCUT2D eigenvalue weighted by Crippen LogP contribution is 2.23. The Kier molecular flexibility index (Phi) is 5.45. The minimum Gasteiger partial charge on any atom is -0.374 e. The largest absolute Gasteiger partial charge is 0.374 e. The van der Waals surface area contributed by atoms with Crippen LogP contribution in [-0.4, -0.2) is 13.6 Å². The van der Waals surface area contributed by atoms with Crippen LogP contribution in [0.1, 0.15) is 17.5 Å². The van der Waals surface area contributed by atoms with Gasteiger partial charge in [0, 0.05) is 30.8 Å². The lowest BCUT2D eigenvalue weighted by atomic mass is 10.1. The summed E-state index contributed by atoms with van der Waals surface area (Å²) in [6.45, 7) is 1.52. The zero-order valence-corrected chi connectivity index (χ0v) is 12.6. The molecule has 2 nitrogen and oxygen atoms in total. The molecule has 0 amide bonds. The molecular weight excluding hydrogens is 268 g/mol. The van der Waals surface area contributed by atoms with Crippen molar-refractivity contribution in [2.75, 3.05) is 18.5 Å². The summed E-state index contributed by atoms with van der Waals surface area (Å²) in [5.41, 5.74) is 9.45. The van der Waals surface area contributed by atoms with Crippen LogP contribution in [0.3, 0.4) is 0 Å². The van der Waals surface area contributed by atoms with Crippen molar-refractivity contribution < 1.29 is 0 Å². The van der Waals surface area contributed by atoms with Gasteiger partial charge in [0.05, 0.1) is 0 Å². The summed E-state index contributed by atoms with van der Waals surface area (Å²) >= 11 is 6.01. The Morgan fingerprint density at radius 2 is 1.85 bits per heavy atom. The van der Waals surface area contributed by atoms with Gasteiger partial charge in [-0.25, -0.2) is 0 Å². The van der Waals surface area contributed by atoms with Crippen molar-refractivity contribution in [3.8, 4) is 0 Å². The third kappa shape index (κ3) is 3.99. The number of aryl methyl sites for hydroxylation is 1. The number of hydrogen-bond acceptors (Lipinski definition) is 2. The maximum atomic E-state index is 6.01. The Morgan fingerprint density at radius 1 is 1.10 bits per heavy atom. The lowest BCUT2D eigenvalue weighted by Gasteiger charge is -2.22. The third-order valence-corrected chi connectivity index (χ3v) is 3.71. The molecule has 2 aromatic rings. The first-order valence-electron chi connectivity index (χ1n) is 6.94. The molecule has 0 radical (unpaired) electrons. The molecule has 20 heavy (non-hydrogen) atoms. The fourth-order valence-electron chi connectivity index (χ4n) is 2.38. The number of benzene rings is 2. The van der Waals surface area contributed by atoms with Crippen LogP contribution >= 0.6 is 11.6 Å². The number of nitrogens with two attached hydrogens (primary N) is 1. The lowest BCUT2D eigenvalue weighted by molar-refractivity contribution is 0.781. The predicted molar refractivity (Wildman–Crippen MR) is 87.4 cm³/mol. The highest BCUT2D eigenvalue weighted by Gasteiger charge is 2.07. The van der Waals surface area contributed by atoms with Crippen LogP contribution in [0.15, 0.2) is 48.5 Å². The van der Waals surface area contributed by atoms with Crippen molar-refractivity contribution in [3.63, 3.8) is 0 Å². The lowest BCUT2D eigenvalue weighted by Crippen LogP contribution is -2.21. The van der Waals surface area contributed by atoms with Crippen LogP contribution in [-0.2, 0) is 13.0 Å². The molecule has 106 valence electrons. The van der Waals surface area contributed by atoms with E-state index in [1.165, 1.54) is 11.3 Å². The molecule has 0 saturated carbocycles. The van der Waals surface area contributed by atoms with Crippen molar-refractivity contribution >= 4 is 17.3 Å². The molecule has 2 rings (SSSR count). The van der Waals surface area contributed by atoms with Crippen molar-refractivity contribution in [1.29, 1.82) is 0 Å². The highest BCUT2D eigenvalue weighted by atomic mass is 35.5. The molecule has 0 aliphatic rings. The average Bonchev–Trinajstić information content (AvgIpc) is 2.48. The Labute approximate surface area is 126 Å². The molecule has 0 aliphatic heterocycles. The Hall–Kier alpha value is -1.51. The van der Waals surface area contributed by atoms with Gasteiger partial charge in [-0.15, -0.1) is 0 Å². The highest BCUT2D eigenvalue weighted by molar-refractivity contribution is 6.30. The van der Waals surface area contributed by atoms with Gasteiger partial charge in [0.1, 0.15) is 0 Å². The summed E-state index contributed by atoms with van der Waals surface area (Å²) in [6, 6.07) is 16.5. The summed E-state index contributed by atoms with van der Waals surface area (Å²) in [7, 11) is 2.10. The molecule has 0 spiro atoms. The van der Waals surface area contributed by atoms with Gasteiger partial charge in [-0.05, 0) is 42.2 Å². The van der Waals surface area contributed by atoms with Crippen molar-refractivity contribution in [2.45, 2.75) is 19.4 Å². The van der Waals surface area contributed by atoms with Crippen LogP contribution in [0, 0.1) is 0 Å². The molecule has 0 fully saturated rings. The van der Waals surface area contributed by atoms with Crippen molar-refractivity contribution in [1.82, 2.24) is 0 Å². The average molecular weight is 289 g/mol. The topological polar surface area (TPSA) is 29.3 Å². The van der Waals surface area contributed by atoms with Crippen molar-refractivity contribution in [3.05, 3.63) is 64.7 Å². The molecule has 0 aliphatic carbocycles. The molecule has 0 aromatic heterocycles. The van der Waals surface area contributed by atoms with Crippen LogP contribution in [0.5, 0.6) is 0 Å². The summed E-state index contributed by atoms with van der Waals surface area (Å²) < 4.78 is 0. The Bertz CT molecular complexity index is 540. The molecular formula is C17H21ClN2. The van der Waals surface area contributed by atoms with E-state index in [-0.39, 0.29) is 0 Å². The van der Waals surface area contributed by atoms with Gasteiger partial charge in [0.25, 0.3) is 0 Å². The zero-order chi connectivity index (χ0) is 14.4. The Balaban J connectivity index is 1.93. The van der Waals surface area contributed by atoms with Crippen LogP contribution in [0.4, 0.5) is 5.69 Å². The normalized spacial score (nSPS) is 10.6. The molecule has 0 unspecified atom stereocenters. The second-order valence-corrected chi connectivity index (χ2v) is 5.42. The van der Waals surface area contributed by atoms with E-state index in [1.807, 2.05) is 18.2 Å². The van der Waals surface area contributed by atoms with E-state index < -0.39 is 0 Å². The fraction of sp³-hybridized carbons (Fsp3) is 0.294. The first-order chi connectivity index (χ1) is 9.70. The number of halogens is 1. The molecule has 0 saturated heterocycles. The molecule has 3 heteroatoms. The van der Waals surface area contributed by atoms with E-state index in [1.54, 1.807) is 0 Å². The molecule has 2 aromatic carbocycles. The first-order valence-corrected chi connectivity index (χ1v) is 7.32. The summed E-state index contributed by atoms with van der Waals surface area (Å²) in [5.74, 6) is 0. The maximum absolute atomic E-state index is 6.01. The standard InChI is InChI=1S/C17H21ClN2/c1-20(11-5-8-14-6-3-2-4-7-14)17-10-9-16(18)12-15(17)13-19/h2-4,6-7,9-10,12H,5,8,11,13,19H2,1H3. The zero-order valence-electron chi connectivity index (χ0n) is 11.8. The van der Waals surface area contributed by atoms with Gasteiger partial charge in [-0.1, -0.05) is 41.9 Å². The minimum atomic E-state index is 0.513.